The van der Waals surface area contributed by atoms with Crippen LogP contribution in [0.1, 0.15) is 5.69 Å². The zero-order valence-electron chi connectivity index (χ0n) is 15.6. The van der Waals surface area contributed by atoms with Crippen LogP contribution < -0.4 is 0 Å². The summed E-state index contributed by atoms with van der Waals surface area (Å²) in [6, 6.07) is 6.03. The molecule has 1 saturated heterocycles. The van der Waals surface area contributed by atoms with E-state index in [9.17, 15) is 22.0 Å². The zero-order valence-corrected chi connectivity index (χ0v) is 17.3. The highest BCUT2D eigenvalue weighted by Crippen LogP contribution is 2.25. The van der Waals surface area contributed by atoms with Crippen molar-refractivity contribution in [2.24, 2.45) is 0 Å². The molecule has 0 aliphatic carbocycles. The Labute approximate surface area is 175 Å². The molecule has 30 heavy (non-hydrogen) atoms. The first kappa shape index (κ1) is 20.6. The highest BCUT2D eigenvalue weighted by Gasteiger charge is 2.30. The first-order chi connectivity index (χ1) is 14.3. The average Bonchev–Trinajstić information content (AvgIpc) is 3.42. The number of furan rings is 1. The Morgan fingerprint density at radius 3 is 2.57 bits per heavy atom. The number of hydrogen-bond acceptors (Lipinski definition) is 6. The predicted octanol–water partition coefficient (Wildman–Crippen LogP) is 2.76. The van der Waals surface area contributed by atoms with E-state index in [1.165, 1.54) is 15.6 Å². The average molecular weight is 453 g/mol. The van der Waals surface area contributed by atoms with Crippen LogP contribution in [0.15, 0.2) is 51.3 Å². The van der Waals surface area contributed by atoms with Gasteiger partial charge in [0, 0.05) is 31.6 Å². The van der Waals surface area contributed by atoms with Gasteiger partial charge in [-0.25, -0.2) is 22.2 Å². The van der Waals surface area contributed by atoms with Gasteiger partial charge in [0.15, 0.2) is 22.4 Å². The molecule has 4 rings (SSSR count). The molecular formula is C19H17F2N3O4S2. The van der Waals surface area contributed by atoms with Gasteiger partial charge in [-0.3, -0.25) is 4.79 Å². The molecule has 0 unspecified atom stereocenters. The highest BCUT2D eigenvalue weighted by molar-refractivity contribution is 7.89. The number of benzene rings is 1. The highest BCUT2D eigenvalue weighted by atomic mass is 32.2. The van der Waals surface area contributed by atoms with Crippen LogP contribution in [0.3, 0.4) is 0 Å². The summed E-state index contributed by atoms with van der Waals surface area (Å²) in [6.45, 7) is 0.553. The molecule has 3 aromatic rings. The molecule has 3 heterocycles. The van der Waals surface area contributed by atoms with Crippen molar-refractivity contribution in [3.63, 3.8) is 0 Å². The number of halogens is 2. The molecule has 1 aliphatic rings. The molecule has 11 heteroatoms. The van der Waals surface area contributed by atoms with Gasteiger partial charge in [0.2, 0.25) is 15.9 Å². The lowest BCUT2D eigenvalue weighted by atomic mass is 10.2. The Morgan fingerprint density at radius 1 is 1.13 bits per heavy atom. The predicted molar refractivity (Wildman–Crippen MR) is 105 cm³/mol. The fraction of sp³-hybridized carbons (Fsp3) is 0.263. The number of carbonyl (C=O) groups is 1. The van der Waals surface area contributed by atoms with Gasteiger partial charge >= 0.3 is 0 Å². The first-order valence-electron chi connectivity index (χ1n) is 9.06. The van der Waals surface area contributed by atoms with Crippen molar-refractivity contribution in [1.82, 2.24) is 14.2 Å². The van der Waals surface area contributed by atoms with Gasteiger partial charge < -0.3 is 9.32 Å². The van der Waals surface area contributed by atoms with Crippen LogP contribution >= 0.6 is 11.3 Å². The minimum Gasteiger partial charge on any atom is -0.462 e. The Balaban J connectivity index is 1.37. The number of amides is 1. The van der Waals surface area contributed by atoms with Crippen LogP contribution in [0.4, 0.5) is 8.78 Å². The van der Waals surface area contributed by atoms with Gasteiger partial charge in [-0.1, -0.05) is 0 Å². The third-order valence-electron chi connectivity index (χ3n) is 4.74. The number of sulfonamides is 1. The number of piperazine rings is 1. The molecule has 158 valence electrons. The molecule has 0 N–H and O–H groups in total. The standard InChI is InChI=1S/C19H17F2N3O4S2/c20-15-4-3-14(11-16(15)21)30(26,27)24-7-5-23(6-8-24)18(25)10-13-12-29-19(22-13)17-2-1-9-28-17/h1-4,9,11-12H,5-8,10H2. The first-order valence-corrected chi connectivity index (χ1v) is 11.4. The number of aromatic nitrogens is 1. The smallest absolute Gasteiger partial charge is 0.243 e. The zero-order chi connectivity index (χ0) is 21.3. The number of nitrogens with zero attached hydrogens (tertiary/aromatic N) is 3. The van der Waals surface area contributed by atoms with E-state index in [0.29, 0.717) is 22.5 Å². The van der Waals surface area contributed by atoms with Crippen molar-refractivity contribution in [2.75, 3.05) is 26.2 Å². The van der Waals surface area contributed by atoms with Crippen LogP contribution in [-0.2, 0) is 21.2 Å². The molecule has 1 amide bonds. The fourth-order valence-electron chi connectivity index (χ4n) is 3.13. The van der Waals surface area contributed by atoms with Crippen LogP contribution in [0.5, 0.6) is 0 Å². The monoisotopic (exact) mass is 453 g/mol. The number of thiazole rings is 1. The van der Waals surface area contributed by atoms with Crippen molar-refractivity contribution in [3.8, 4) is 10.8 Å². The third kappa shape index (κ3) is 4.13. The summed E-state index contributed by atoms with van der Waals surface area (Å²) in [6.07, 6.45) is 1.66. The van der Waals surface area contributed by atoms with E-state index in [4.69, 9.17) is 4.42 Å². The number of rotatable bonds is 5. The van der Waals surface area contributed by atoms with E-state index in [1.54, 1.807) is 28.7 Å². The maximum atomic E-state index is 13.4. The molecule has 1 aliphatic heterocycles. The SMILES string of the molecule is O=C(Cc1csc(-c2ccco2)n1)N1CCN(S(=O)(=O)c2ccc(F)c(F)c2)CC1. The van der Waals surface area contributed by atoms with Crippen LogP contribution in [0, 0.1) is 11.6 Å². The van der Waals surface area contributed by atoms with Crippen molar-refractivity contribution < 1.29 is 26.4 Å². The van der Waals surface area contributed by atoms with Gasteiger partial charge in [-0.15, -0.1) is 11.3 Å². The lowest BCUT2D eigenvalue weighted by Gasteiger charge is -2.34. The summed E-state index contributed by atoms with van der Waals surface area (Å²) < 4.78 is 58.3. The molecule has 0 atom stereocenters. The van der Waals surface area contributed by atoms with E-state index in [0.717, 1.165) is 12.1 Å². The lowest BCUT2D eigenvalue weighted by Crippen LogP contribution is -2.50. The topological polar surface area (TPSA) is 83.7 Å². The summed E-state index contributed by atoms with van der Waals surface area (Å²) in [4.78, 5) is 18.2. The number of hydrogen-bond donors (Lipinski definition) is 0. The van der Waals surface area contributed by atoms with Crippen LogP contribution in [0.25, 0.3) is 10.8 Å². The number of carbonyl (C=O) groups excluding carboxylic acids is 1. The minimum atomic E-state index is -3.96. The minimum absolute atomic E-state index is 0.0712. The quantitative estimate of drug-likeness (QED) is 0.593. The maximum absolute atomic E-state index is 13.4. The molecule has 0 bridgehead atoms. The summed E-state index contributed by atoms with van der Waals surface area (Å²) in [5.41, 5.74) is 0.619. The van der Waals surface area contributed by atoms with E-state index < -0.39 is 21.7 Å². The van der Waals surface area contributed by atoms with Crippen molar-refractivity contribution in [1.29, 1.82) is 0 Å². The second-order valence-corrected chi connectivity index (χ2v) is 9.45. The van der Waals surface area contributed by atoms with Crippen molar-refractivity contribution >= 4 is 27.3 Å². The van der Waals surface area contributed by atoms with Crippen molar-refractivity contribution in [3.05, 3.63) is 59.3 Å². The largest absolute Gasteiger partial charge is 0.462 e. The van der Waals surface area contributed by atoms with Gasteiger partial charge in [0.05, 0.1) is 23.3 Å². The summed E-state index contributed by atoms with van der Waals surface area (Å²) in [5, 5.41) is 2.48. The van der Waals surface area contributed by atoms with Gasteiger partial charge in [-0.05, 0) is 30.3 Å². The Morgan fingerprint density at radius 2 is 1.90 bits per heavy atom. The third-order valence-corrected chi connectivity index (χ3v) is 7.54. The normalized spacial score (nSPS) is 15.5. The molecule has 0 spiro atoms. The molecule has 1 aromatic carbocycles. The second kappa shape index (κ2) is 8.25. The second-order valence-electron chi connectivity index (χ2n) is 6.66. The van der Waals surface area contributed by atoms with Crippen LogP contribution in [0.2, 0.25) is 0 Å². The summed E-state index contributed by atoms with van der Waals surface area (Å²) in [5.74, 6) is -1.85. The molecule has 2 aromatic heterocycles. The Bertz CT molecular complexity index is 1150. The van der Waals surface area contributed by atoms with E-state index >= 15 is 0 Å². The van der Waals surface area contributed by atoms with Gasteiger partial charge in [0.25, 0.3) is 0 Å². The molecular weight excluding hydrogens is 436 g/mol. The Hall–Kier alpha value is -2.63. The molecule has 0 radical (unpaired) electrons. The van der Waals surface area contributed by atoms with E-state index in [-0.39, 0.29) is 43.4 Å². The Kier molecular flexibility index (Phi) is 5.67. The summed E-state index contributed by atoms with van der Waals surface area (Å²) in [7, 11) is -3.96. The fourth-order valence-corrected chi connectivity index (χ4v) is 5.35. The van der Waals surface area contributed by atoms with E-state index in [1.807, 2.05) is 0 Å². The van der Waals surface area contributed by atoms with E-state index in [2.05, 4.69) is 4.98 Å². The van der Waals surface area contributed by atoms with Crippen molar-refractivity contribution in [2.45, 2.75) is 11.3 Å². The summed E-state index contributed by atoms with van der Waals surface area (Å²) >= 11 is 1.38. The lowest BCUT2D eigenvalue weighted by molar-refractivity contribution is -0.131. The molecule has 0 saturated carbocycles. The molecule has 7 nitrogen and oxygen atoms in total. The van der Waals surface area contributed by atoms with Gasteiger partial charge in [0.1, 0.15) is 0 Å². The molecule has 1 fully saturated rings. The maximum Gasteiger partial charge on any atom is 0.243 e. The van der Waals surface area contributed by atoms with Gasteiger partial charge in [-0.2, -0.15) is 4.31 Å². The van der Waals surface area contributed by atoms with Crippen LogP contribution in [-0.4, -0.2) is 54.7 Å².